The highest BCUT2D eigenvalue weighted by atomic mass is 35.5. The highest BCUT2D eigenvalue weighted by Gasteiger charge is 2.02. The van der Waals surface area contributed by atoms with Crippen LogP contribution in [-0.4, -0.2) is 6.61 Å². The first-order valence-electron chi connectivity index (χ1n) is 5.22. The van der Waals surface area contributed by atoms with Crippen LogP contribution in [0, 0.1) is 0 Å². The Bertz CT molecular complexity index is 537. The van der Waals surface area contributed by atoms with Gasteiger partial charge in [0.1, 0.15) is 12.4 Å². The van der Waals surface area contributed by atoms with Gasteiger partial charge < -0.3 is 10.5 Å². The number of rotatable bonds is 3. The van der Waals surface area contributed by atoms with Crippen LogP contribution < -0.4 is 10.5 Å². The van der Waals surface area contributed by atoms with E-state index in [1.165, 1.54) is 0 Å². The van der Waals surface area contributed by atoms with E-state index in [-0.39, 0.29) is 0 Å². The first-order chi connectivity index (χ1) is 8.25. The van der Waals surface area contributed by atoms with E-state index in [1.54, 1.807) is 18.2 Å². The van der Waals surface area contributed by atoms with E-state index < -0.39 is 0 Å². The van der Waals surface area contributed by atoms with Gasteiger partial charge in [0.2, 0.25) is 0 Å². The van der Waals surface area contributed by atoms with Crippen LogP contribution in [-0.2, 0) is 0 Å². The average Bonchev–Trinajstić information content (AvgIpc) is 2.56. The van der Waals surface area contributed by atoms with Crippen molar-refractivity contribution in [2.24, 2.45) is 0 Å². The summed E-state index contributed by atoms with van der Waals surface area (Å²) in [7, 11) is 0. The molecule has 0 spiro atoms. The number of hydrogen-bond donors (Lipinski definition) is 1. The van der Waals surface area contributed by atoms with Gasteiger partial charge in [0, 0.05) is 11.3 Å². The van der Waals surface area contributed by atoms with Crippen LogP contribution in [0.2, 0.25) is 5.02 Å². The minimum Gasteiger partial charge on any atom is -0.487 e. The van der Waals surface area contributed by atoms with Crippen molar-refractivity contribution in [2.45, 2.75) is 0 Å². The Kier molecular flexibility index (Phi) is 3.71. The fourth-order valence-electron chi connectivity index (χ4n) is 1.37. The van der Waals surface area contributed by atoms with Gasteiger partial charge in [0.25, 0.3) is 0 Å². The molecule has 0 aromatic heterocycles. The van der Waals surface area contributed by atoms with Gasteiger partial charge in [0.05, 0.1) is 5.02 Å². The Morgan fingerprint density at radius 3 is 2.94 bits per heavy atom. The fourth-order valence-corrected chi connectivity index (χ4v) is 1.62. The SMILES string of the molecule is Nc1ccc(OCC2=C=CC=CC=C2)c(Cl)c1. The highest BCUT2D eigenvalue weighted by molar-refractivity contribution is 6.32. The lowest BCUT2D eigenvalue weighted by Gasteiger charge is -2.07. The van der Waals surface area contributed by atoms with E-state index in [4.69, 9.17) is 22.1 Å². The summed E-state index contributed by atoms with van der Waals surface area (Å²) in [6.45, 7) is 0.429. The number of halogens is 1. The van der Waals surface area contributed by atoms with Crippen molar-refractivity contribution >= 4 is 17.3 Å². The van der Waals surface area contributed by atoms with Crippen molar-refractivity contribution < 1.29 is 4.74 Å². The molecule has 17 heavy (non-hydrogen) atoms. The Hall–Kier alpha value is -1.89. The van der Waals surface area contributed by atoms with Gasteiger partial charge in [-0.05, 0) is 30.4 Å². The summed E-state index contributed by atoms with van der Waals surface area (Å²) in [5, 5.41) is 0.519. The summed E-state index contributed by atoms with van der Waals surface area (Å²) < 4.78 is 5.60. The molecule has 1 aromatic rings. The molecular formula is C14H12ClNO. The largest absolute Gasteiger partial charge is 0.487 e. The maximum absolute atomic E-state index is 6.01. The third-order valence-corrected chi connectivity index (χ3v) is 2.52. The van der Waals surface area contributed by atoms with Crippen LogP contribution in [0.15, 0.2) is 59.9 Å². The van der Waals surface area contributed by atoms with E-state index in [9.17, 15) is 0 Å². The van der Waals surface area contributed by atoms with Gasteiger partial charge in [-0.1, -0.05) is 29.8 Å². The third-order valence-electron chi connectivity index (χ3n) is 2.22. The zero-order valence-corrected chi connectivity index (χ0v) is 9.95. The molecule has 86 valence electrons. The molecule has 3 heteroatoms. The number of hydrogen-bond acceptors (Lipinski definition) is 2. The zero-order chi connectivity index (χ0) is 12.1. The maximum atomic E-state index is 6.01. The number of benzene rings is 1. The summed E-state index contributed by atoms with van der Waals surface area (Å²) in [5.74, 6) is 0.626. The van der Waals surface area contributed by atoms with Crippen molar-refractivity contribution in [1.29, 1.82) is 0 Å². The van der Waals surface area contributed by atoms with E-state index >= 15 is 0 Å². The molecule has 0 unspecified atom stereocenters. The number of allylic oxidation sites excluding steroid dienone is 3. The van der Waals surface area contributed by atoms with Crippen molar-refractivity contribution in [3.05, 3.63) is 64.9 Å². The molecule has 1 aliphatic rings. The summed E-state index contributed by atoms with van der Waals surface area (Å²) >= 11 is 6.01. The second-order valence-corrected chi connectivity index (χ2v) is 3.97. The lowest BCUT2D eigenvalue weighted by Crippen LogP contribution is -1.99. The average molecular weight is 246 g/mol. The summed E-state index contributed by atoms with van der Waals surface area (Å²) in [6.07, 6.45) is 9.60. The van der Waals surface area contributed by atoms with E-state index in [2.05, 4.69) is 5.73 Å². The standard InChI is InChI=1S/C14H12ClNO/c15-13-9-12(16)7-8-14(13)17-10-11-5-3-1-2-4-6-11/h1-5,7-9H,10,16H2. The summed E-state index contributed by atoms with van der Waals surface area (Å²) in [5.41, 5.74) is 10.3. The maximum Gasteiger partial charge on any atom is 0.138 e. The smallest absolute Gasteiger partial charge is 0.138 e. The van der Waals surface area contributed by atoms with Crippen LogP contribution in [0.4, 0.5) is 5.69 Å². The topological polar surface area (TPSA) is 35.2 Å². The summed E-state index contributed by atoms with van der Waals surface area (Å²) in [6, 6.07) is 5.20. The van der Waals surface area contributed by atoms with Gasteiger partial charge in [-0.3, -0.25) is 0 Å². The van der Waals surface area contributed by atoms with Crippen molar-refractivity contribution in [3.63, 3.8) is 0 Å². The minimum absolute atomic E-state index is 0.429. The monoisotopic (exact) mass is 245 g/mol. The Balaban J connectivity index is 2.05. The molecule has 1 aliphatic carbocycles. The molecule has 0 amide bonds. The van der Waals surface area contributed by atoms with Crippen LogP contribution in [0.5, 0.6) is 5.75 Å². The molecule has 0 fully saturated rings. The third kappa shape index (κ3) is 3.28. The predicted octanol–water partition coefficient (Wildman–Crippen LogP) is 3.51. The molecule has 0 radical (unpaired) electrons. The first kappa shape index (κ1) is 11.6. The number of anilines is 1. The number of nitrogen functional groups attached to an aromatic ring is 1. The Morgan fingerprint density at radius 2 is 2.12 bits per heavy atom. The number of ether oxygens (including phenoxy) is 1. The molecular weight excluding hydrogens is 234 g/mol. The van der Waals surface area contributed by atoms with Gasteiger partial charge >= 0.3 is 0 Å². The predicted molar refractivity (Wildman–Crippen MR) is 71.2 cm³/mol. The van der Waals surface area contributed by atoms with Crippen LogP contribution in [0.3, 0.4) is 0 Å². The molecule has 0 saturated carbocycles. The van der Waals surface area contributed by atoms with Gasteiger partial charge in [0.15, 0.2) is 0 Å². The molecule has 2 rings (SSSR count). The number of nitrogens with two attached hydrogens (primary N) is 1. The van der Waals surface area contributed by atoms with Crippen molar-refractivity contribution in [2.75, 3.05) is 12.3 Å². The summed E-state index contributed by atoms with van der Waals surface area (Å²) in [4.78, 5) is 0. The molecule has 1 aromatic carbocycles. The van der Waals surface area contributed by atoms with E-state index in [1.807, 2.05) is 30.4 Å². The lowest BCUT2D eigenvalue weighted by molar-refractivity contribution is 0.356. The molecule has 0 heterocycles. The second-order valence-electron chi connectivity index (χ2n) is 3.56. The molecule has 0 saturated heterocycles. The molecule has 0 atom stereocenters. The van der Waals surface area contributed by atoms with Crippen molar-refractivity contribution in [1.82, 2.24) is 0 Å². The molecule has 2 nitrogen and oxygen atoms in total. The van der Waals surface area contributed by atoms with Gasteiger partial charge in [-0.15, -0.1) is 5.73 Å². The fraction of sp³-hybridized carbons (Fsp3) is 0.0714. The van der Waals surface area contributed by atoms with Gasteiger partial charge in [-0.25, -0.2) is 0 Å². The molecule has 2 N–H and O–H groups in total. The van der Waals surface area contributed by atoms with Gasteiger partial charge in [-0.2, -0.15) is 0 Å². The van der Waals surface area contributed by atoms with Crippen molar-refractivity contribution in [3.8, 4) is 5.75 Å². The zero-order valence-electron chi connectivity index (χ0n) is 9.19. The first-order valence-corrected chi connectivity index (χ1v) is 5.60. The second kappa shape index (κ2) is 5.44. The molecule has 0 aliphatic heterocycles. The van der Waals surface area contributed by atoms with E-state index in [0.29, 0.717) is 23.1 Å². The quantitative estimate of drug-likeness (QED) is 0.653. The van der Waals surface area contributed by atoms with Crippen LogP contribution >= 0.6 is 11.6 Å². The van der Waals surface area contributed by atoms with Crippen LogP contribution in [0.25, 0.3) is 0 Å². The Labute approximate surface area is 105 Å². The lowest BCUT2D eigenvalue weighted by atomic mass is 10.2. The minimum atomic E-state index is 0.429. The van der Waals surface area contributed by atoms with E-state index in [0.717, 1.165) is 5.57 Å². The highest BCUT2D eigenvalue weighted by Crippen LogP contribution is 2.26. The van der Waals surface area contributed by atoms with Crippen LogP contribution in [0.1, 0.15) is 0 Å². The Morgan fingerprint density at radius 1 is 1.24 bits per heavy atom. The normalized spacial score (nSPS) is 13.4. The molecule has 0 bridgehead atoms.